The van der Waals surface area contributed by atoms with E-state index in [0.29, 0.717) is 11.7 Å². The van der Waals surface area contributed by atoms with Crippen LogP contribution in [0.25, 0.3) is 0 Å². The third kappa shape index (κ3) is 2.24. The first-order chi connectivity index (χ1) is 7.70. The van der Waals surface area contributed by atoms with Crippen molar-refractivity contribution in [2.24, 2.45) is 7.05 Å². The molecule has 0 aliphatic carbocycles. The third-order valence-electron chi connectivity index (χ3n) is 2.91. The van der Waals surface area contributed by atoms with Crippen molar-refractivity contribution in [3.8, 4) is 0 Å². The number of aryl methyl sites for hydroxylation is 1. The zero-order chi connectivity index (χ0) is 11.5. The van der Waals surface area contributed by atoms with E-state index < -0.39 is 0 Å². The predicted octanol–water partition coefficient (Wildman–Crippen LogP) is 0.501. The lowest BCUT2D eigenvalue weighted by atomic mass is 10.1. The van der Waals surface area contributed by atoms with Gasteiger partial charge in [0.15, 0.2) is 5.69 Å². The number of hydrogen-bond acceptors (Lipinski definition) is 4. The van der Waals surface area contributed by atoms with E-state index >= 15 is 0 Å². The van der Waals surface area contributed by atoms with E-state index in [1.165, 1.54) is 13.5 Å². The van der Waals surface area contributed by atoms with Crippen LogP contribution in [0, 0.1) is 0 Å². The fourth-order valence-electron chi connectivity index (χ4n) is 2.15. The van der Waals surface area contributed by atoms with E-state index in [9.17, 15) is 4.79 Å². The van der Waals surface area contributed by atoms with Gasteiger partial charge in [0.25, 0.3) is 0 Å². The summed E-state index contributed by atoms with van der Waals surface area (Å²) in [4.78, 5) is 11.5. The van der Waals surface area contributed by atoms with Gasteiger partial charge in [0.1, 0.15) is 0 Å². The number of nitrogens with one attached hydrogen (secondary N) is 1. The third-order valence-corrected chi connectivity index (χ3v) is 2.91. The summed E-state index contributed by atoms with van der Waals surface area (Å²) in [7, 11) is 3.20. The van der Waals surface area contributed by atoms with Crippen LogP contribution in [-0.4, -0.2) is 35.4 Å². The Morgan fingerprint density at radius 3 is 3.19 bits per heavy atom. The minimum atomic E-state index is -0.353. The van der Waals surface area contributed by atoms with E-state index in [0.717, 1.165) is 24.9 Å². The molecule has 1 saturated heterocycles. The number of methoxy groups -OCH3 is 1. The molecule has 2 heterocycles. The summed E-state index contributed by atoms with van der Waals surface area (Å²) in [5.41, 5.74) is 1.41. The molecule has 1 N–H and O–H groups in total. The number of ether oxygens (including phenoxy) is 1. The second kappa shape index (κ2) is 4.65. The maximum Gasteiger partial charge on any atom is 0.358 e. The molecule has 0 amide bonds. The zero-order valence-corrected chi connectivity index (χ0v) is 9.69. The Kier molecular flexibility index (Phi) is 3.24. The summed E-state index contributed by atoms with van der Waals surface area (Å²) in [6.45, 7) is 1.07. The Morgan fingerprint density at radius 1 is 1.75 bits per heavy atom. The number of carbonyl (C=O) groups excluding carboxylic acids is 1. The maximum absolute atomic E-state index is 11.5. The summed E-state index contributed by atoms with van der Waals surface area (Å²) in [6, 6.07) is 0.465. The van der Waals surface area contributed by atoms with Gasteiger partial charge in [0.2, 0.25) is 0 Å². The van der Waals surface area contributed by atoms with E-state index in [1.807, 2.05) is 13.2 Å². The van der Waals surface area contributed by atoms with Crippen molar-refractivity contribution in [3.63, 3.8) is 0 Å². The van der Waals surface area contributed by atoms with Crippen molar-refractivity contribution >= 4 is 5.97 Å². The van der Waals surface area contributed by atoms with Crippen LogP contribution in [0.5, 0.6) is 0 Å². The highest BCUT2D eigenvalue weighted by atomic mass is 16.5. The zero-order valence-electron chi connectivity index (χ0n) is 9.69. The van der Waals surface area contributed by atoms with Crippen LogP contribution < -0.4 is 5.32 Å². The molecule has 1 unspecified atom stereocenters. The van der Waals surface area contributed by atoms with E-state index in [2.05, 4.69) is 10.4 Å². The minimum absolute atomic E-state index is 0.353. The van der Waals surface area contributed by atoms with Gasteiger partial charge in [-0.15, -0.1) is 0 Å². The molecule has 1 fully saturated rings. The number of hydrogen-bond donors (Lipinski definition) is 1. The van der Waals surface area contributed by atoms with Crippen LogP contribution in [0.4, 0.5) is 0 Å². The molecule has 5 heteroatoms. The van der Waals surface area contributed by atoms with Crippen LogP contribution in [0.2, 0.25) is 0 Å². The van der Waals surface area contributed by atoms with Crippen molar-refractivity contribution < 1.29 is 9.53 Å². The summed E-state index contributed by atoms with van der Waals surface area (Å²) in [5, 5.41) is 7.55. The number of esters is 1. The van der Waals surface area contributed by atoms with E-state index in [4.69, 9.17) is 4.74 Å². The molecule has 1 aliphatic heterocycles. The molecule has 2 rings (SSSR count). The monoisotopic (exact) mass is 223 g/mol. The lowest BCUT2D eigenvalue weighted by Crippen LogP contribution is -2.24. The largest absolute Gasteiger partial charge is 0.464 e. The smallest absolute Gasteiger partial charge is 0.358 e. The molecule has 5 nitrogen and oxygen atoms in total. The average molecular weight is 223 g/mol. The molecule has 1 aliphatic rings. The summed E-state index contributed by atoms with van der Waals surface area (Å²) in [5.74, 6) is -0.353. The standard InChI is InChI=1S/C11H17N3O2/c1-14-7-8(6-9-4-3-5-12-9)10(13-14)11(15)16-2/h7,9,12H,3-6H2,1-2H3. The van der Waals surface area contributed by atoms with Gasteiger partial charge in [-0.25, -0.2) is 4.79 Å². The van der Waals surface area contributed by atoms with Gasteiger partial charge in [0, 0.05) is 24.8 Å². The van der Waals surface area contributed by atoms with Crippen molar-refractivity contribution in [2.75, 3.05) is 13.7 Å². The Labute approximate surface area is 94.8 Å². The second-order valence-electron chi connectivity index (χ2n) is 4.17. The molecule has 0 bridgehead atoms. The van der Waals surface area contributed by atoms with Crippen LogP contribution in [-0.2, 0) is 18.2 Å². The van der Waals surface area contributed by atoms with Gasteiger partial charge >= 0.3 is 5.97 Å². The van der Waals surface area contributed by atoms with E-state index in [-0.39, 0.29) is 5.97 Å². The molecular formula is C11H17N3O2. The number of nitrogens with zero attached hydrogens (tertiary/aromatic N) is 2. The quantitative estimate of drug-likeness (QED) is 0.758. The van der Waals surface area contributed by atoms with Gasteiger partial charge in [-0.1, -0.05) is 0 Å². The Morgan fingerprint density at radius 2 is 2.56 bits per heavy atom. The highest BCUT2D eigenvalue weighted by Gasteiger charge is 2.21. The van der Waals surface area contributed by atoms with Crippen molar-refractivity contribution in [2.45, 2.75) is 25.3 Å². The first-order valence-corrected chi connectivity index (χ1v) is 5.55. The molecule has 1 aromatic rings. The lowest BCUT2D eigenvalue weighted by molar-refractivity contribution is 0.0592. The Balaban J connectivity index is 2.15. The second-order valence-corrected chi connectivity index (χ2v) is 4.17. The van der Waals surface area contributed by atoms with Crippen LogP contribution in [0.1, 0.15) is 28.9 Å². The van der Waals surface area contributed by atoms with Crippen molar-refractivity contribution in [3.05, 3.63) is 17.5 Å². The molecule has 1 atom stereocenters. The first kappa shape index (κ1) is 11.1. The first-order valence-electron chi connectivity index (χ1n) is 5.55. The predicted molar refractivity (Wildman–Crippen MR) is 59.3 cm³/mol. The van der Waals surface area contributed by atoms with Gasteiger partial charge in [-0.3, -0.25) is 4.68 Å². The number of rotatable bonds is 3. The fourth-order valence-corrected chi connectivity index (χ4v) is 2.15. The van der Waals surface area contributed by atoms with Crippen LogP contribution >= 0.6 is 0 Å². The normalized spacial score (nSPS) is 20.0. The molecule has 0 radical (unpaired) electrons. The van der Waals surface area contributed by atoms with E-state index in [1.54, 1.807) is 4.68 Å². The van der Waals surface area contributed by atoms with Crippen molar-refractivity contribution in [1.29, 1.82) is 0 Å². The van der Waals surface area contributed by atoms with Crippen molar-refractivity contribution in [1.82, 2.24) is 15.1 Å². The Bertz CT molecular complexity index is 381. The van der Waals surface area contributed by atoms with Gasteiger partial charge in [-0.2, -0.15) is 5.10 Å². The topological polar surface area (TPSA) is 56.1 Å². The number of aromatic nitrogens is 2. The highest BCUT2D eigenvalue weighted by Crippen LogP contribution is 2.15. The SMILES string of the molecule is COC(=O)c1nn(C)cc1CC1CCCN1. The highest BCUT2D eigenvalue weighted by molar-refractivity contribution is 5.88. The van der Waals surface area contributed by atoms with Gasteiger partial charge in [-0.05, 0) is 25.8 Å². The number of carbonyl (C=O) groups is 1. The molecule has 0 aromatic carbocycles. The average Bonchev–Trinajstić information content (AvgIpc) is 2.88. The minimum Gasteiger partial charge on any atom is -0.464 e. The molecule has 1 aromatic heterocycles. The maximum atomic E-state index is 11.5. The van der Waals surface area contributed by atoms with Crippen LogP contribution in [0.3, 0.4) is 0 Å². The molecule has 0 spiro atoms. The summed E-state index contributed by atoms with van der Waals surface area (Å²) >= 11 is 0. The molecule has 88 valence electrons. The molecule has 16 heavy (non-hydrogen) atoms. The summed E-state index contributed by atoms with van der Waals surface area (Å²) in [6.07, 6.45) is 5.11. The molecule has 0 saturated carbocycles. The fraction of sp³-hybridized carbons (Fsp3) is 0.636. The van der Waals surface area contributed by atoms with Gasteiger partial charge < -0.3 is 10.1 Å². The van der Waals surface area contributed by atoms with Crippen LogP contribution in [0.15, 0.2) is 6.20 Å². The lowest BCUT2D eigenvalue weighted by Gasteiger charge is -2.08. The summed E-state index contributed by atoms with van der Waals surface area (Å²) < 4.78 is 6.38. The Hall–Kier alpha value is -1.36. The van der Waals surface area contributed by atoms with Gasteiger partial charge in [0.05, 0.1) is 7.11 Å². The molecular weight excluding hydrogens is 206 g/mol.